The minimum Gasteiger partial charge on any atom is -0.462 e. The second-order valence-corrected chi connectivity index (χ2v) is 7.62. The van der Waals surface area contributed by atoms with Crippen molar-refractivity contribution in [2.75, 3.05) is 0 Å². The van der Waals surface area contributed by atoms with Gasteiger partial charge in [0, 0.05) is 18.4 Å². The zero-order chi connectivity index (χ0) is 16.3. The topological polar surface area (TPSA) is 72.8 Å². The largest absolute Gasteiger partial charge is 0.462 e. The van der Waals surface area contributed by atoms with Gasteiger partial charge in [-0.25, -0.2) is 4.79 Å². The minimum absolute atomic E-state index is 0.159. The molecule has 0 amide bonds. The maximum Gasteiger partial charge on any atom is 0.334 e. The van der Waals surface area contributed by atoms with Crippen molar-refractivity contribution in [3.63, 3.8) is 0 Å². The maximum atomic E-state index is 12.0. The van der Waals surface area contributed by atoms with Gasteiger partial charge in [-0.05, 0) is 31.6 Å². The highest BCUT2D eigenvalue weighted by Crippen LogP contribution is 2.59. The molecule has 122 valence electrons. The third-order valence-electron chi connectivity index (χ3n) is 5.83. The Balaban J connectivity index is 2.03. The van der Waals surface area contributed by atoms with E-state index in [0.717, 1.165) is 12.8 Å². The Morgan fingerprint density at radius 2 is 2.09 bits per heavy atom. The molecule has 6 atom stereocenters. The summed E-state index contributed by atoms with van der Waals surface area (Å²) >= 11 is 0. The van der Waals surface area contributed by atoms with Crippen LogP contribution in [0.3, 0.4) is 0 Å². The van der Waals surface area contributed by atoms with E-state index in [1.54, 1.807) is 0 Å². The molecular weight excluding hydrogens is 284 g/mol. The molecule has 0 radical (unpaired) electrons. The first kappa shape index (κ1) is 15.5. The van der Waals surface area contributed by atoms with Crippen LogP contribution in [0.1, 0.15) is 46.5 Å². The fourth-order valence-electron chi connectivity index (χ4n) is 5.12. The predicted molar refractivity (Wildman–Crippen MR) is 78.8 cm³/mol. The monoisotopic (exact) mass is 308 g/mol. The number of aliphatic hydroxyl groups is 1. The summed E-state index contributed by atoms with van der Waals surface area (Å²) in [6.07, 6.45) is 2.30. The van der Waals surface area contributed by atoms with E-state index in [2.05, 4.69) is 13.5 Å². The summed E-state index contributed by atoms with van der Waals surface area (Å²) in [5.74, 6) is -1.30. The standard InChI is InChI=1S/C17H24O5/c1-9-12-11(21-10(2)18)8-16(3)6-5-7-17(4,20)14(16)13(12)22-15(9)19/h11-14,20H,1,5-8H2,2-4H3. The van der Waals surface area contributed by atoms with E-state index in [-0.39, 0.29) is 23.2 Å². The fourth-order valence-corrected chi connectivity index (χ4v) is 5.12. The van der Waals surface area contributed by atoms with Gasteiger partial charge in [0.1, 0.15) is 12.2 Å². The Morgan fingerprint density at radius 3 is 2.73 bits per heavy atom. The van der Waals surface area contributed by atoms with E-state index >= 15 is 0 Å². The van der Waals surface area contributed by atoms with Crippen molar-refractivity contribution in [2.24, 2.45) is 17.3 Å². The molecule has 1 saturated heterocycles. The lowest BCUT2D eigenvalue weighted by molar-refractivity contribution is -0.204. The highest BCUT2D eigenvalue weighted by Gasteiger charge is 2.63. The van der Waals surface area contributed by atoms with Crippen molar-refractivity contribution >= 4 is 11.9 Å². The average molecular weight is 308 g/mol. The summed E-state index contributed by atoms with van der Waals surface area (Å²) in [4.78, 5) is 23.5. The smallest absolute Gasteiger partial charge is 0.334 e. The minimum atomic E-state index is -0.887. The van der Waals surface area contributed by atoms with Crippen molar-refractivity contribution in [3.05, 3.63) is 12.2 Å². The summed E-state index contributed by atoms with van der Waals surface area (Å²) in [5.41, 5.74) is -0.740. The van der Waals surface area contributed by atoms with Gasteiger partial charge in [-0.1, -0.05) is 19.9 Å². The van der Waals surface area contributed by atoms with Crippen LogP contribution in [0.25, 0.3) is 0 Å². The number of hydrogen-bond donors (Lipinski definition) is 1. The molecule has 3 aliphatic rings. The molecule has 3 fully saturated rings. The Labute approximate surface area is 130 Å². The number of fused-ring (bicyclic) bond motifs is 3. The molecule has 0 aromatic heterocycles. The number of carbonyl (C=O) groups is 2. The second kappa shape index (κ2) is 4.82. The summed E-state index contributed by atoms with van der Waals surface area (Å²) in [6.45, 7) is 9.14. The van der Waals surface area contributed by atoms with Crippen LogP contribution in [0.15, 0.2) is 12.2 Å². The Hall–Kier alpha value is -1.36. The Kier molecular flexibility index (Phi) is 3.40. The van der Waals surface area contributed by atoms with Crippen LogP contribution in [0, 0.1) is 17.3 Å². The van der Waals surface area contributed by atoms with Crippen molar-refractivity contribution in [1.82, 2.24) is 0 Å². The predicted octanol–water partition coefficient (Wildman–Crippen LogP) is 1.98. The lowest BCUT2D eigenvalue weighted by atomic mass is 9.51. The van der Waals surface area contributed by atoms with Gasteiger partial charge >= 0.3 is 11.9 Å². The molecular formula is C17H24O5. The molecule has 0 spiro atoms. The number of esters is 2. The van der Waals surface area contributed by atoms with Crippen LogP contribution >= 0.6 is 0 Å². The van der Waals surface area contributed by atoms with E-state index in [1.807, 2.05) is 6.92 Å². The highest BCUT2D eigenvalue weighted by molar-refractivity contribution is 5.91. The van der Waals surface area contributed by atoms with Gasteiger partial charge in [0.2, 0.25) is 0 Å². The molecule has 5 nitrogen and oxygen atoms in total. The maximum absolute atomic E-state index is 12.0. The zero-order valence-corrected chi connectivity index (χ0v) is 13.4. The average Bonchev–Trinajstić information content (AvgIpc) is 2.62. The Bertz CT molecular complexity index is 537. The summed E-state index contributed by atoms with van der Waals surface area (Å²) < 4.78 is 11.1. The molecule has 0 bridgehead atoms. The quantitative estimate of drug-likeness (QED) is 0.592. The molecule has 1 aliphatic heterocycles. The first-order valence-corrected chi connectivity index (χ1v) is 7.95. The van der Waals surface area contributed by atoms with Gasteiger partial charge in [-0.2, -0.15) is 0 Å². The van der Waals surface area contributed by atoms with Crippen LogP contribution in [0.4, 0.5) is 0 Å². The number of ether oxygens (including phenoxy) is 2. The van der Waals surface area contributed by atoms with E-state index < -0.39 is 23.8 Å². The summed E-state index contributed by atoms with van der Waals surface area (Å²) in [6, 6.07) is 0. The molecule has 3 rings (SSSR count). The van der Waals surface area contributed by atoms with E-state index in [9.17, 15) is 14.7 Å². The summed E-state index contributed by atoms with van der Waals surface area (Å²) in [5, 5.41) is 10.9. The molecule has 0 aromatic rings. The van der Waals surface area contributed by atoms with Crippen LogP contribution in [-0.4, -0.2) is 34.9 Å². The fraction of sp³-hybridized carbons (Fsp3) is 0.765. The van der Waals surface area contributed by atoms with Crippen LogP contribution in [0.2, 0.25) is 0 Å². The van der Waals surface area contributed by atoms with Crippen molar-refractivity contribution < 1.29 is 24.2 Å². The van der Waals surface area contributed by atoms with Crippen molar-refractivity contribution in [3.8, 4) is 0 Å². The van der Waals surface area contributed by atoms with Gasteiger partial charge in [0.15, 0.2) is 0 Å². The normalized spacial score (nSPS) is 47.5. The Morgan fingerprint density at radius 1 is 1.41 bits per heavy atom. The van der Waals surface area contributed by atoms with Crippen LogP contribution in [0.5, 0.6) is 0 Å². The molecule has 1 N–H and O–H groups in total. The third-order valence-corrected chi connectivity index (χ3v) is 5.83. The number of rotatable bonds is 1. The first-order chi connectivity index (χ1) is 10.2. The highest BCUT2D eigenvalue weighted by atomic mass is 16.6. The number of carbonyl (C=O) groups excluding carboxylic acids is 2. The van der Waals surface area contributed by atoms with E-state index in [4.69, 9.17) is 9.47 Å². The molecule has 2 saturated carbocycles. The molecule has 1 heterocycles. The van der Waals surface area contributed by atoms with E-state index in [0.29, 0.717) is 18.4 Å². The second-order valence-electron chi connectivity index (χ2n) is 7.62. The molecule has 2 aliphatic carbocycles. The molecule has 5 heteroatoms. The van der Waals surface area contributed by atoms with Crippen molar-refractivity contribution in [2.45, 2.75) is 64.3 Å². The zero-order valence-electron chi connectivity index (χ0n) is 13.4. The first-order valence-electron chi connectivity index (χ1n) is 7.95. The lowest BCUT2D eigenvalue weighted by Crippen LogP contribution is -2.61. The lowest BCUT2D eigenvalue weighted by Gasteiger charge is -2.56. The van der Waals surface area contributed by atoms with E-state index in [1.165, 1.54) is 6.92 Å². The van der Waals surface area contributed by atoms with Crippen LogP contribution in [-0.2, 0) is 19.1 Å². The van der Waals surface area contributed by atoms with Gasteiger partial charge < -0.3 is 14.6 Å². The van der Waals surface area contributed by atoms with Gasteiger partial charge in [0.05, 0.1) is 11.5 Å². The van der Waals surface area contributed by atoms with Gasteiger partial charge in [-0.3, -0.25) is 4.79 Å². The molecule has 22 heavy (non-hydrogen) atoms. The molecule has 6 unspecified atom stereocenters. The SMILES string of the molecule is C=C1C(=O)OC2C1C(OC(C)=O)CC1(C)CCCC(C)(O)C21. The van der Waals surface area contributed by atoms with Crippen LogP contribution < -0.4 is 0 Å². The van der Waals surface area contributed by atoms with Gasteiger partial charge in [-0.15, -0.1) is 0 Å². The molecule has 0 aromatic carbocycles. The van der Waals surface area contributed by atoms with Crippen molar-refractivity contribution in [1.29, 1.82) is 0 Å². The number of hydrogen-bond acceptors (Lipinski definition) is 5. The van der Waals surface area contributed by atoms with Gasteiger partial charge in [0.25, 0.3) is 0 Å². The third kappa shape index (κ3) is 2.18. The summed E-state index contributed by atoms with van der Waals surface area (Å²) in [7, 11) is 0.